The Morgan fingerprint density at radius 3 is 2.27 bits per heavy atom. The van der Waals surface area contributed by atoms with Gasteiger partial charge in [-0.05, 0) is 56.7 Å². The van der Waals surface area contributed by atoms with Crippen molar-refractivity contribution < 1.29 is 24.9 Å². The SMILES string of the molecule is CN1Cc2c(C3CC(O)C(O)C3)ccc(N(C(=O)O)C(C)(C)C)c2C1=O. The lowest BCUT2D eigenvalue weighted by atomic mass is 9.89. The number of rotatable bonds is 2. The largest absolute Gasteiger partial charge is 0.465 e. The molecule has 1 aliphatic heterocycles. The molecule has 7 nitrogen and oxygen atoms in total. The van der Waals surface area contributed by atoms with Crippen molar-refractivity contribution in [2.75, 3.05) is 11.9 Å². The molecule has 1 aromatic carbocycles. The predicted octanol–water partition coefficient (Wildman–Crippen LogP) is 2.15. The standard InChI is InChI=1S/C19H26N2O5/c1-19(2,3)21(18(25)26)13-6-5-11(10-7-14(22)15(23)8-10)12-9-20(4)17(24)16(12)13/h5-6,10,14-15,22-23H,7-9H2,1-4H3,(H,25,26). The summed E-state index contributed by atoms with van der Waals surface area (Å²) in [6, 6.07) is 3.53. The van der Waals surface area contributed by atoms with Gasteiger partial charge in [0.15, 0.2) is 0 Å². The van der Waals surface area contributed by atoms with Gasteiger partial charge in [0.2, 0.25) is 0 Å². The molecule has 3 N–H and O–H groups in total. The van der Waals surface area contributed by atoms with E-state index in [4.69, 9.17) is 0 Å². The minimum absolute atomic E-state index is 0.0463. The van der Waals surface area contributed by atoms with Crippen LogP contribution >= 0.6 is 0 Å². The summed E-state index contributed by atoms with van der Waals surface area (Å²) >= 11 is 0. The van der Waals surface area contributed by atoms with Gasteiger partial charge in [0.1, 0.15) is 0 Å². The molecule has 1 aliphatic carbocycles. The molecule has 2 atom stereocenters. The van der Waals surface area contributed by atoms with Gasteiger partial charge in [-0.2, -0.15) is 0 Å². The Morgan fingerprint density at radius 2 is 1.77 bits per heavy atom. The number of hydrogen-bond acceptors (Lipinski definition) is 4. The zero-order valence-corrected chi connectivity index (χ0v) is 15.6. The van der Waals surface area contributed by atoms with E-state index in [1.165, 1.54) is 4.90 Å². The molecule has 2 aliphatic rings. The van der Waals surface area contributed by atoms with Crippen molar-refractivity contribution >= 4 is 17.7 Å². The highest BCUT2D eigenvalue weighted by Gasteiger charge is 2.40. The summed E-state index contributed by atoms with van der Waals surface area (Å²) in [5.41, 5.74) is 1.81. The minimum Gasteiger partial charge on any atom is -0.465 e. The fourth-order valence-corrected chi connectivity index (χ4v) is 4.13. The van der Waals surface area contributed by atoms with Crippen LogP contribution in [0.4, 0.5) is 10.5 Å². The Morgan fingerprint density at radius 1 is 1.19 bits per heavy atom. The van der Waals surface area contributed by atoms with Crippen LogP contribution in [0.1, 0.15) is 61.0 Å². The summed E-state index contributed by atoms with van der Waals surface area (Å²) in [4.78, 5) is 27.5. The topological polar surface area (TPSA) is 101 Å². The molecule has 1 heterocycles. The number of carbonyl (C=O) groups is 2. The van der Waals surface area contributed by atoms with Gasteiger partial charge in [-0.15, -0.1) is 0 Å². The molecule has 0 saturated heterocycles. The second-order valence-corrected chi connectivity index (χ2v) is 8.28. The molecule has 1 fully saturated rings. The number of carbonyl (C=O) groups excluding carboxylic acids is 1. The van der Waals surface area contributed by atoms with Crippen LogP contribution in [0, 0.1) is 0 Å². The maximum Gasteiger partial charge on any atom is 0.412 e. The maximum absolute atomic E-state index is 12.8. The monoisotopic (exact) mass is 362 g/mol. The van der Waals surface area contributed by atoms with Gasteiger partial charge in [0, 0.05) is 19.1 Å². The average Bonchev–Trinajstić information content (AvgIpc) is 2.98. The fourth-order valence-electron chi connectivity index (χ4n) is 4.13. The Bertz CT molecular complexity index is 745. The summed E-state index contributed by atoms with van der Waals surface area (Å²) in [6.45, 7) is 5.76. The van der Waals surface area contributed by atoms with E-state index >= 15 is 0 Å². The van der Waals surface area contributed by atoms with Crippen molar-refractivity contribution in [3.63, 3.8) is 0 Å². The van der Waals surface area contributed by atoms with E-state index in [1.807, 2.05) is 6.07 Å². The minimum atomic E-state index is -1.11. The fraction of sp³-hybridized carbons (Fsp3) is 0.579. The number of anilines is 1. The summed E-state index contributed by atoms with van der Waals surface area (Å²) in [5.74, 6) is -0.249. The lowest BCUT2D eigenvalue weighted by Gasteiger charge is -2.34. The number of amides is 2. The van der Waals surface area contributed by atoms with Gasteiger partial charge in [-0.1, -0.05) is 6.07 Å². The summed E-state index contributed by atoms with van der Waals surface area (Å²) < 4.78 is 0. The van der Waals surface area contributed by atoms with Crippen molar-refractivity contribution in [3.8, 4) is 0 Å². The maximum atomic E-state index is 12.8. The number of aliphatic hydroxyl groups is 2. The van der Waals surface area contributed by atoms with E-state index in [-0.39, 0.29) is 11.8 Å². The van der Waals surface area contributed by atoms with Crippen LogP contribution < -0.4 is 4.90 Å². The lowest BCUT2D eigenvalue weighted by Crippen LogP contribution is -2.46. The summed E-state index contributed by atoms with van der Waals surface area (Å²) in [6.07, 6.45) is -1.77. The number of benzene rings is 1. The van der Waals surface area contributed by atoms with E-state index in [1.54, 1.807) is 38.8 Å². The van der Waals surface area contributed by atoms with Crippen LogP contribution in [0.5, 0.6) is 0 Å². The number of nitrogens with zero attached hydrogens (tertiary/aromatic N) is 2. The second-order valence-electron chi connectivity index (χ2n) is 8.28. The number of hydrogen-bond donors (Lipinski definition) is 3. The molecule has 0 spiro atoms. The predicted molar refractivity (Wildman–Crippen MR) is 96.5 cm³/mol. The molecular weight excluding hydrogens is 336 g/mol. The first-order valence-electron chi connectivity index (χ1n) is 8.83. The molecule has 1 aromatic rings. The highest BCUT2D eigenvalue weighted by Crippen LogP contribution is 2.43. The van der Waals surface area contributed by atoms with Crippen molar-refractivity contribution in [1.29, 1.82) is 0 Å². The highest BCUT2D eigenvalue weighted by atomic mass is 16.4. The van der Waals surface area contributed by atoms with Crippen molar-refractivity contribution in [2.45, 2.75) is 63.8 Å². The van der Waals surface area contributed by atoms with Gasteiger partial charge in [-0.3, -0.25) is 9.69 Å². The van der Waals surface area contributed by atoms with Crippen molar-refractivity contribution in [3.05, 3.63) is 28.8 Å². The molecule has 0 bridgehead atoms. The van der Waals surface area contributed by atoms with E-state index in [0.717, 1.165) is 11.1 Å². The van der Waals surface area contributed by atoms with E-state index in [0.29, 0.717) is 30.6 Å². The zero-order chi connectivity index (χ0) is 19.4. The van der Waals surface area contributed by atoms with E-state index < -0.39 is 23.8 Å². The Hall–Kier alpha value is -2.12. The van der Waals surface area contributed by atoms with Crippen molar-refractivity contribution in [1.82, 2.24) is 4.90 Å². The van der Waals surface area contributed by atoms with Crippen LogP contribution in [-0.2, 0) is 6.54 Å². The highest BCUT2D eigenvalue weighted by molar-refractivity contribution is 6.07. The number of aliphatic hydroxyl groups excluding tert-OH is 2. The summed E-state index contributed by atoms with van der Waals surface area (Å²) in [5, 5.41) is 29.5. The first-order valence-corrected chi connectivity index (χ1v) is 8.83. The Balaban J connectivity index is 2.14. The first-order chi connectivity index (χ1) is 12.0. The van der Waals surface area contributed by atoms with Crippen molar-refractivity contribution in [2.24, 2.45) is 0 Å². The summed E-state index contributed by atoms with van der Waals surface area (Å²) in [7, 11) is 1.69. The van der Waals surface area contributed by atoms with E-state index in [2.05, 4.69) is 0 Å². The van der Waals surface area contributed by atoms with Crippen LogP contribution in [0.3, 0.4) is 0 Å². The molecule has 2 amide bonds. The van der Waals surface area contributed by atoms with E-state index in [9.17, 15) is 24.9 Å². The molecule has 26 heavy (non-hydrogen) atoms. The second kappa shape index (κ2) is 6.25. The van der Waals surface area contributed by atoms with Crippen LogP contribution in [0.2, 0.25) is 0 Å². The number of fused-ring (bicyclic) bond motifs is 1. The van der Waals surface area contributed by atoms with Gasteiger partial charge >= 0.3 is 6.09 Å². The molecule has 7 heteroatoms. The third-order valence-corrected chi connectivity index (χ3v) is 5.32. The van der Waals surface area contributed by atoms with Crippen LogP contribution in [-0.4, -0.2) is 57.0 Å². The first kappa shape index (κ1) is 18.7. The average molecular weight is 362 g/mol. The van der Waals surface area contributed by atoms with Crippen LogP contribution in [0.15, 0.2) is 12.1 Å². The molecule has 0 aromatic heterocycles. The normalized spacial score (nSPS) is 25.5. The molecule has 142 valence electrons. The van der Waals surface area contributed by atoms with Gasteiger partial charge in [0.25, 0.3) is 5.91 Å². The van der Waals surface area contributed by atoms with Gasteiger partial charge in [0.05, 0.1) is 23.5 Å². The quantitative estimate of drug-likeness (QED) is 0.748. The molecule has 3 rings (SSSR count). The lowest BCUT2D eigenvalue weighted by molar-refractivity contribution is 0.0438. The van der Waals surface area contributed by atoms with Gasteiger partial charge in [-0.25, -0.2) is 4.79 Å². The van der Waals surface area contributed by atoms with Crippen LogP contribution in [0.25, 0.3) is 0 Å². The molecular formula is C19H26N2O5. The third-order valence-electron chi connectivity index (χ3n) is 5.32. The van der Waals surface area contributed by atoms with Gasteiger partial charge < -0.3 is 20.2 Å². The number of carboxylic acid groups (broad SMARTS) is 1. The Labute approximate surface area is 152 Å². The smallest absolute Gasteiger partial charge is 0.412 e. The molecule has 0 radical (unpaired) electrons. The third kappa shape index (κ3) is 2.95. The molecule has 1 saturated carbocycles. The Kier molecular flexibility index (Phi) is 4.48. The molecule has 2 unspecified atom stereocenters. The zero-order valence-electron chi connectivity index (χ0n) is 15.6.